The van der Waals surface area contributed by atoms with Crippen LogP contribution in [-0.2, 0) is 9.22 Å². The van der Waals surface area contributed by atoms with E-state index in [1.165, 1.54) is 6.08 Å². The van der Waals surface area contributed by atoms with Crippen LogP contribution in [0.5, 0.6) is 0 Å². The molecular weight excluding hydrogens is 285 g/mol. The van der Waals surface area contributed by atoms with Gasteiger partial charge in [-0.15, -0.1) is 0 Å². The maximum Gasteiger partial charge on any atom is 0.392 e. The van der Waals surface area contributed by atoms with E-state index in [4.69, 9.17) is 4.43 Å². The number of aldehydes is 1. The minimum Gasteiger partial charge on any atom is -0.413 e. The quantitative estimate of drug-likeness (QED) is 0.381. The molecule has 20 heavy (non-hydrogen) atoms. The Hall–Kier alpha value is -0.623. The predicted octanol–water partition coefficient (Wildman–Crippen LogP) is 4.86. The van der Waals surface area contributed by atoms with Crippen LogP contribution in [0.2, 0.25) is 18.1 Å². The summed E-state index contributed by atoms with van der Waals surface area (Å²) in [5.41, 5.74) is 0. The molecule has 2 nitrogen and oxygen atoms in total. The number of hydrogen-bond acceptors (Lipinski definition) is 2. The lowest BCUT2D eigenvalue weighted by molar-refractivity contribution is -0.125. The third-order valence-corrected chi connectivity index (χ3v) is 8.08. The van der Waals surface area contributed by atoms with Crippen molar-refractivity contribution in [2.24, 2.45) is 0 Å². The molecule has 0 bridgehead atoms. The summed E-state index contributed by atoms with van der Waals surface area (Å²) >= 11 is 0. The number of allylic oxidation sites excluding steroid dienone is 1. The highest BCUT2D eigenvalue weighted by molar-refractivity contribution is 6.74. The van der Waals surface area contributed by atoms with Crippen LogP contribution in [0.25, 0.3) is 0 Å². The van der Waals surface area contributed by atoms with Gasteiger partial charge in [0, 0.05) is 6.42 Å². The topological polar surface area (TPSA) is 26.3 Å². The van der Waals surface area contributed by atoms with E-state index in [0.717, 1.165) is 12.4 Å². The second-order valence-electron chi connectivity index (χ2n) is 6.43. The SMILES string of the molecule is CC(C)(C)[Si](C)(C)O[C@H](CC=O)C/C=C\CC(F)(F)F. The average molecular weight is 310 g/mol. The van der Waals surface area contributed by atoms with Crippen LogP contribution < -0.4 is 0 Å². The van der Waals surface area contributed by atoms with Gasteiger partial charge in [-0.2, -0.15) is 13.2 Å². The molecule has 0 N–H and O–H groups in total. The third-order valence-electron chi connectivity index (χ3n) is 3.54. The van der Waals surface area contributed by atoms with Crippen LogP contribution in [0.3, 0.4) is 0 Å². The molecule has 0 aliphatic rings. The van der Waals surface area contributed by atoms with E-state index in [1.807, 2.05) is 0 Å². The first-order chi connectivity index (χ1) is 8.89. The molecule has 0 aliphatic heterocycles. The van der Waals surface area contributed by atoms with Crippen LogP contribution in [-0.4, -0.2) is 26.9 Å². The molecule has 0 aromatic heterocycles. The van der Waals surface area contributed by atoms with Crippen molar-refractivity contribution < 1.29 is 22.4 Å². The molecule has 0 spiro atoms. The van der Waals surface area contributed by atoms with Gasteiger partial charge < -0.3 is 9.22 Å². The molecule has 6 heteroatoms. The Morgan fingerprint density at radius 2 is 1.65 bits per heavy atom. The van der Waals surface area contributed by atoms with Gasteiger partial charge in [-0.3, -0.25) is 0 Å². The first-order valence-electron chi connectivity index (χ1n) is 6.72. The highest BCUT2D eigenvalue weighted by atomic mass is 28.4. The van der Waals surface area contributed by atoms with Crippen molar-refractivity contribution in [2.45, 2.75) is 70.4 Å². The number of halogens is 3. The minimum atomic E-state index is -4.18. The van der Waals surface area contributed by atoms with Gasteiger partial charge in [0.25, 0.3) is 0 Å². The third kappa shape index (κ3) is 7.84. The van der Waals surface area contributed by atoms with Crippen molar-refractivity contribution in [3.8, 4) is 0 Å². The lowest BCUT2D eigenvalue weighted by Gasteiger charge is -2.38. The zero-order valence-electron chi connectivity index (χ0n) is 12.9. The van der Waals surface area contributed by atoms with Gasteiger partial charge in [-0.25, -0.2) is 0 Å². The first kappa shape index (κ1) is 19.4. The van der Waals surface area contributed by atoms with Crippen molar-refractivity contribution in [1.29, 1.82) is 0 Å². The van der Waals surface area contributed by atoms with E-state index in [0.29, 0.717) is 6.42 Å². The van der Waals surface area contributed by atoms with Gasteiger partial charge in [0.1, 0.15) is 6.29 Å². The molecule has 118 valence electrons. The summed E-state index contributed by atoms with van der Waals surface area (Å²) in [6, 6.07) is 0. The molecule has 0 radical (unpaired) electrons. The monoisotopic (exact) mass is 310 g/mol. The van der Waals surface area contributed by atoms with Gasteiger partial charge in [0.05, 0.1) is 12.5 Å². The van der Waals surface area contributed by atoms with Gasteiger partial charge >= 0.3 is 6.18 Å². The van der Waals surface area contributed by atoms with E-state index in [9.17, 15) is 18.0 Å². The van der Waals surface area contributed by atoms with Crippen LogP contribution in [0.1, 0.15) is 40.0 Å². The van der Waals surface area contributed by atoms with E-state index in [2.05, 4.69) is 33.9 Å². The normalized spacial score (nSPS) is 15.6. The maximum atomic E-state index is 12.0. The maximum absolute atomic E-state index is 12.0. The summed E-state index contributed by atoms with van der Waals surface area (Å²) in [5, 5.41) is 0.00379. The molecule has 0 aliphatic carbocycles. The van der Waals surface area contributed by atoms with Crippen molar-refractivity contribution in [3.05, 3.63) is 12.2 Å². The second-order valence-corrected chi connectivity index (χ2v) is 11.2. The largest absolute Gasteiger partial charge is 0.413 e. The lowest BCUT2D eigenvalue weighted by atomic mass is 10.2. The Labute approximate surface area is 120 Å². The van der Waals surface area contributed by atoms with Crippen molar-refractivity contribution in [1.82, 2.24) is 0 Å². The number of alkyl halides is 3. The van der Waals surface area contributed by atoms with Crippen molar-refractivity contribution in [2.75, 3.05) is 0 Å². The molecule has 0 aromatic rings. The highest BCUT2D eigenvalue weighted by Gasteiger charge is 2.38. The molecule has 0 saturated heterocycles. The Morgan fingerprint density at radius 1 is 1.10 bits per heavy atom. The van der Waals surface area contributed by atoms with Gasteiger partial charge in [-0.1, -0.05) is 32.9 Å². The number of rotatable bonds is 7. The van der Waals surface area contributed by atoms with Crippen molar-refractivity contribution >= 4 is 14.6 Å². The Balaban J connectivity index is 4.56. The fraction of sp³-hybridized carbons (Fsp3) is 0.786. The Bertz CT molecular complexity index is 330. The second kappa shape index (κ2) is 7.40. The standard InChI is InChI=1S/C14H25F3O2Si/c1-13(2,3)20(4,5)19-12(9-11-18)8-6-7-10-14(15,16)17/h6-7,11-12H,8-10H2,1-5H3/b7-6-/t12-/m0/s1. The Kier molecular flexibility index (Phi) is 7.17. The number of carbonyl (C=O) groups is 1. The zero-order valence-corrected chi connectivity index (χ0v) is 13.9. The molecule has 0 amide bonds. The summed E-state index contributed by atoms with van der Waals surface area (Å²) in [6.45, 7) is 10.4. The van der Waals surface area contributed by atoms with E-state index < -0.39 is 20.9 Å². The number of carbonyl (C=O) groups excluding carboxylic acids is 1. The summed E-state index contributed by atoms with van der Waals surface area (Å²) < 4.78 is 42.1. The van der Waals surface area contributed by atoms with Crippen LogP contribution in [0, 0.1) is 0 Å². The average Bonchev–Trinajstić information content (AvgIpc) is 2.21. The van der Waals surface area contributed by atoms with Crippen LogP contribution in [0.15, 0.2) is 12.2 Å². The summed E-state index contributed by atoms with van der Waals surface area (Å²) in [5.74, 6) is 0. The molecule has 0 saturated carbocycles. The van der Waals surface area contributed by atoms with Crippen LogP contribution >= 0.6 is 0 Å². The van der Waals surface area contributed by atoms with Gasteiger partial charge in [0.15, 0.2) is 8.32 Å². The molecule has 1 atom stereocenters. The summed E-state index contributed by atoms with van der Waals surface area (Å²) in [6.07, 6.45) is -1.61. The molecular formula is C14H25F3O2Si. The molecule has 0 heterocycles. The predicted molar refractivity (Wildman–Crippen MR) is 77.2 cm³/mol. The Morgan fingerprint density at radius 3 is 2.05 bits per heavy atom. The van der Waals surface area contributed by atoms with Crippen molar-refractivity contribution in [3.63, 3.8) is 0 Å². The lowest BCUT2D eigenvalue weighted by Crippen LogP contribution is -2.44. The fourth-order valence-corrected chi connectivity index (χ4v) is 2.74. The highest BCUT2D eigenvalue weighted by Crippen LogP contribution is 2.37. The van der Waals surface area contributed by atoms with E-state index in [1.54, 1.807) is 0 Å². The first-order valence-corrected chi connectivity index (χ1v) is 9.63. The van der Waals surface area contributed by atoms with E-state index in [-0.39, 0.29) is 17.6 Å². The fourth-order valence-electron chi connectivity index (χ4n) is 1.36. The summed E-state index contributed by atoms with van der Waals surface area (Å²) in [7, 11) is -2.02. The zero-order chi connectivity index (χ0) is 16.0. The van der Waals surface area contributed by atoms with Gasteiger partial charge in [0.2, 0.25) is 0 Å². The minimum absolute atomic E-state index is 0.00379. The van der Waals surface area contributed by atoms with Gasteiger partial charge in [-0.05, 0) is 24.6 Å². The molecule has 0 rings (SSSR count). The summed E-state index contributed by atoms with van der Waals surface area (Å²) in [4.78, 5) is 10.7. The van der Waals surface area contributed by atoms with Crippen LogP contribution in [0.4, 0.5) is 13.2 Å². The molecule has 0 aromatic carbocycles. The number of hydrogen-bond donors (Lipinski definition) is 0. The molecule has 0 fully saturated rings. The smallest absolute Gasteiger partial charge is 0.392 e. The van der Waals surface area contributed by atoms with E-state index >= 15 is 0 Å². The molecule has 0 unspecified atom stereocenters.